The Morgan fingerprint density at radius 2 is 2.17 bits per heavy atom. The van der Waals surface area contributed by atoms with Gasteiger partial charge in [-0.3, -0.25) is 4.79 Å². The van der Waals surface area contributed by atoms with Gasteiger partial charge in [-0.05, 0) is 55.7 Å². The maximum Gasteiger partial charge on any atom is 0.253 e. The minimum atomic E-state index is -0.0162. The highest BCUT2D eigenvalue weighted by molar-refractivity contribution is 6.33. The first-order valence-corrected chi connectivity index (χ1v) is 7.08. The summed E-state index contributed by atoms with van der Waals surface area (Å²) in [5, 5.41) is 3.72. The van der Waals surface area contributed by atoms with Gasteiger partial charge in [0.05, 0.1) is 10.6 Å². The highest BCUT2D eigenvalue weighted by Gasteiger charge is 2.40. The van der Waals surface area contributed by atoms with E-state index in [1.54, 1.807) is 0 Å². The maximum absolute atomic E-state index is 12.2. The van der Waals surface area contributed by atoms with Gasteiger partial charge in [-0.15, -0.1) is 0 Å². The molecular weight excluding hydrogens is 246 g/mol. The number of benzene rings is 1. The van der Waals surface area contributed by atoms with E-state index in [1.807, 2.05) is 25.1 Å². The van der Waals surface area contributed by atoms with Gasteiger partial charge in [-0.1, -0.05) is 24.1 Å². The number of amides is 1. The molecule has 0 aliphatic heterocycles. The van der Waals surface area contributed by atoms with Crippen molar-refractivity contribution in [2.45, 2.75) is 38.6 Å². The molecule has 0 radical (unpaired) electrons. The van der Waals surface area contributed by atoms with Crippen LogP contribution in [0.1, 0.15) is 41.6 Å². The number of carbonyl (C=O) groups is 1. The van der Waals surface area contributed by atoms with Crippen LogP contribution < -0.4 is 5.32 Å². The van der Waals surface area contributed by atoms with Crippen LogP contribution in [-0.2, 0) is 0 Å². The topological polar surface area (TPSA) is 29.1 Å². The van der Waals surface area contributed by atoms with Crippen molar-refractivity contribution in [3.8, 4) is 0 Å². The van der Waals surface area contributed by atoms with Gasteiger partial charge in [-0.25, -0.2) is 0 Å². The number of hydrogen-bond donors (Lipinski definition) is 1. The van der Waals surface area contributed by atoms with Crippen molar-refractivity contribution in [3.05, 3.63) is 34.3 Å². The molecule has 1 N–H and O–H groups in total. The van der Waals surface area contributed by atoms with Crippen LogP contribution in [0.15, 0.2) is 18.2 Å². The van der Waals surface area contributed by atoms with Gasteiger partial charge < -0.3 is 5.32 Å². The summed E-state index contributed by atoms with van der Waals surface area (Å²) in [6.45, 7) is 1.98. The number of hydrogen-bond acceptors (Lipinski definition) is 1. The standard InChI is InChI=1S/C15H18ClNO/c1-9-2-5-12(13(16)6-9)15(18)17-14-8-10-3-4-11(14)7-10/h2,5-6,10-11,14H,3-4,7-8H2,1H3,(H,17,18)/t10-,11-,14-/m0/s1. The zero-order valence-corrected chi connectivity index (χ0v) is 11.3. The molecule has 0 unspecified atom stereocenters. The zero-order chi connectivity index (χ0) is 12.7. The van der Waals surface area contributed by atoms with E-state index in [2.05, 4.69) is 5.32 Å². The largest absolute Gasteiger partial charge is 0.349 e. The second-order valence-electron chi connectivity index (χ2n) is 5.74. The Morgan fingerprint density at radius 1 is 1.33 bits per heavy atom. The lowest BCUT2D eigenvalue weighted by atomic mass is 9.95. The molecule has 3 heteroatoms. The lowest BCUT2D eigenvalue weighted by molar-refractivity contribution is 0.0923. The summed E-state index contributed by atoms with van der Waals surface area (Å²) in [5.74, 6) is 1.52. The molecule has 2 bridgehead atoms. The monoisotopic (exact) mass is 263 g/mol. The first kappa shape index (κ1) is 12.0. The Hall–Kier alpha value is -1.02. The number of aryl methyl sites for hydroxylation is 1. The van der Waals surface area contributed by atoms with Crippen molar-refractivity contribution in [1.29, 1.82) is 0 Å². The van der Waals surface area contributed by atoms with Crippen LogP contribution in [0.2, 0.25) is 5.02 Å². The van der Waals surface area contributed by atoms with Gasteiger partial charge in [0, 0.05) is 6.04 Å². The molecule has 0 saturated heterocycles. The molecule has 96 valence electrons. The molecule has 3 atom stereocenters. The van der Waals surface area contributed by atoms with Gasteiger partial charge in [0.2, 0.25) is 0 Å². The van der Waals surface area contributed by atoms with Crippen molar-refractivity contribution in [2.75, 3.05) is 0 Å². The second kappa shape index (κ2) is 4.58. The van der Waals surface area contributed by atoms with E-state index in [0.29, 0.717) is 22.5 Å². The third kappa shape index (κ3) is 2.14. The number of carbonyl (C=O) groups excluding carboxylic acids is 1. The number of fused-ring (bicyclic) bond motifs is 2. The van der Waals surface area contributed by atoms with Crippen LogP contribution in [0.25, 0.3) is 0 Å². The van der Waals surface area contributed by atoms with E-state index in [0.717, 1.165) is 17.9 Å². The molecule has 2 aliphatic rings. The van der Waals surface area contributed by atoms with Gasteiger partial charge in [0.25, 0.3) is 5.91 Å². The van der Waals surface area contributed by atoms with Crippen LogP contribution in [0.5, 0.6) is 0 Å². The van der Waals surface area contributed by atoms with Crippen molar-refractivity contribution in [1.82, 2.24) is 5.32 Å². The van der Waals surface area contributed by atoms with Crippen LogP contribution in [0, 0.1) is 18.8 Å². The quantitative estimate of drug-likeness (QED) is 0.868. The highest BCUT2D eigenvalue weighted by Crippen LogP contribution is 2.44. The molecule has 2 saturated carbocycles. The second-order valence-corrected chi connectivity index (χ2v) is 6.15. The molecule has 2 fully saturated rings. The molecule has 1 aromatic carbocycles. The fourth-order valence-corrected chi connectivity index (χ4v) is 3.79. The van der Waals surface area contributed by atoms with Gasteiger partial charge in [0.1, 0.15) is 0 Å². The smallest absolute Gasteiger partial charge is 0.253 e. The average molecular weight is 264 g/mol. The van der Waals surface area contributed by atoms with Crippen molar-refractivity contribution in [3.63, 3.8) is 0 Å². The molecule has 2 aliphatic carbocycles. The summed E-state index contributed by atoms with van der Waals surface area (Å²) in [6, 6.07) is 5.97. The third-order valence-corrected chi connectivity index (χ3v) is 4.74. The van der Waals surface area contributed by atoms with E-state index in [1.165, 1.54) is 19.3 Å². The van der Waals surface area contributed by atoms with Gasteiger partial charge in [-0.2, -0.15) is 0 Å². The molecule has 1 aromatic rings. The zero-order valence-electron chi connectivity index (χ0n) is 10.6. The van der Waals surface area contributed by atoms with Gasteiger partial charge >= 0.3 is 0 Å². The molecule has 2 nitrogen and oxygen atoms in total. The predicted molar refractivity (Wildman–Crippen MR) is 72.9 cm³/mol. The van der Waals surface area contributed by atoms with Crippen LogP contribution >= 0.6 is 11.6 Å². The Labute approximate surface area is 113 Å². The summed E-state index contributed by atoms with van der Waals surface area (Å²) in [6.07, 6.45) is 5.08. The lowest BCUT2D eigenvalue weighted by Gasteiger charge is -2.23. The van der Waals surface area contributed by atoms with E-state index < -0.39 is 0 Å². The number of nitrogens with one attached hydrogen (secondary N) is 1. The predicted octanol–water partition coefficient (Wildman–Crippen LogP) is 3.57. The molecule has 0 spiro atoms. The lowest BCUT2D eigenvalue weighted by Crippen LogP contribution is -2.38. The summed E-state index contributed by atoms with van der Waals surface area (Å²) in [7, 11) is 0. The Bertz CT molecular complexity index is 485. The molecular formula is C15H18ClNO. The average Bonchev–Trinajstić information content (AvgIpc) is 2.90. The van der Waals surface area contributed by atoms with E-state index >= 15 is 0 Å². The molecule has 18 heavy (non-hydrogen) atoms. The van der Waals surface area contributed by atoms with Crippen molar-refractivity contribution < 1.29 is 4.79 Å². The van der Waals surface area contributed by atoms with E-state index in [-0.39, 0.29) is 5.91 Å². The minimum Gasteiger partial charge on any atom is -0.349 e. The van der Waals surface area contributed by atoms with E-state index in [9.17, 15) is 4.79 Å². The fourth-order valence-electron chi connectivity index (χ4n) is 3.47. The molecule has 0 heterocycles. The number of rotatable bonds is 2. The summed E-state index contributed by atoms with van der Waals surface area (Å²) >= 11 is 6.13. The summed E-state index contributed by atoms with van der Waals surface area (Å²) in [4.78, 5) is 12.2. The fraction of sp³-hybridized carbons (Fsp3) is 0.533. The third-order valence-electron chi connectivity index (χ3n) is 4.42. The van der Waals surface area contributed by atoms with Gasteiger partial charge in [0.15, 0.2) is 0 Å². The van der Waals surface area contributed by atoms with Crippen LogP contribution in [0.3, 0.4) is 0 Å². The summed E-state index contributed by atoms with van der Waals surface area (Å²) in [5.41, 5.74) is 1.68. The normalized spacial score (nSPS) is 29.6. The summed E-state index contributed by atoms with van der Waals surface area (Å²) < 4.78 is 0. The molecule has 3 rings (SSSR count). The maximum atomic E-state index is 12.2. The van der Waals surface area contributed by atoms with E-state index in [4.69, 9.17) is 11.6 Å². The Balaban J connectivity index is 1.71. The van der Waals surface area contributed by atoms with Crippen molar-refractivity contribution >= 4 is 17.5 Å². The van der Waals surface area contributed by atoms with Crippen molar-refractivity contribution in [2.24, 2.45) is 11.8 Å². The first-order chi connectivity index (χ1) is 8.63. The molecule has 1 amide bonds. The highest BCUT2D eigenvalue weighted by atomic mass is 35.5. The van der Waals surface area contributed by atoms with Crippen LogP contribution in [0.4, 0.5) is 0 Å². The minimum absolute atomic E-state index is 0.0162. The SMILES string of the molecule is Cc1ccc(C(=O)N[C@H]2C[C@H]3CC[C@H]2C3)c(Cl)c1. The van der Waals surface area contributed by atoms with Crippen LogP contribution in [-0.4, -0.2) is 11.9 Å². The Kier molecular flexibility index (Phi) is 3.06. The molecule has 0 aromatic heterocycles. The number of halogens is 1. The first-order valence-electron chi connectivity index (χ1n) is 6.70. The Morgan fingerprint density at radius 3 is 2.78 bits per heavy atom.